The largest absolute Gasteiger partial charge is 0.268 e. The van der Waals surface area contributed by atoms with Gasteiger partial charge in [0.2, 0.25) is 0 Å². The highest BCUT2D eigenvalue weighted by atomic mass is 32.2. The lowest BCUT2D eigenvalue weighted by molar-refractivity contribution is -0.122. The maximum Gasteiger partial charge on any atom is 0.263 e. The predicted octanol–water partition coefficient (Wildman–Crippen LogP) is 4.67. The molecule has 14 heteroatoms. The van der Waals surface area contributed by atoms with Gasteiger partial charge in [-0.15, -0.1) is 11.5 Å². The number of carbonyl (C=O) groups is 2. The molecule has 2 amide bonds. The third kappa shape index (κ3) is 10.0. The molecular weight excluding hydrogens is 552 g/mol. The molecule has 2 atom stereocenters. The van der Waals surface area contributed by atoms with Crippen molar-refractivity contribution in [2.75, 3.05) is 13.1 Å². The Morgan fingerprint density at radius 1 is 0.950 bits per heavy atom. The van der Waals surface area contributed by atoms with Crippen LogP contribution in [0.15, 0.2) is 32.3 Å². The standard InChI is InChI=1S/C13H20N4O2S.C8H9NO2S.C5H11N3/c1-4-5-6-7-16-8-12(14-15-16)9-17-13(18)10(2)11(3)20(17)19;1-4-5-9-8(10)6(2)7(3)12(9)11;1-2-3-4-5-7-8-6/h8H,4-7,9H2,1-3H3;1H,5H2,2-3H3;2-5H2,1H3. The number of aryl methyl sites for hydroxylation is 1. The number of terminal acetylenes is 1. The molecule has 220 valence electrons. The van der Waals surface area contributed by atoms with Gasteiger partial charge >= 0.3 is 0 Å². The highest BCUT2D eigenvalue weighted by molar-refractivity contribution is 7.88. The molecule has 2 aliphatic heterocycles. The molecule has 0 bridgehead atoms. The van der Waals surface area contributed by atoms with Crippen LogP contribution in [0.5, 0.6) is 0 Å². The number of hydrogen-bond acceptors (Lipinski definition) is 7. The van der Waals surface area contributed by atoms with Gasteiger partial charge in [-0.25, -0.2) is 17.0 Å². The highest BCUT2D eigenvalue weighted by Gasteiger charge is 2.33. The van der Waals surface area contributed by atoms with Crippen LogP contribution in [0.1, 0.15) is 85.8 Å². The van der Waals surface area contributed by atoms with Crippen molar-refractivity contribution in [1.82, 2.24) is 23.6 Å². The quantitative estimate of drug-likeness (QED) is 0.120. The molecule has 40 heavy (non-hydrogen) atoms. The van der Waals surface area contributed by atoms with Crippen LogP contribution in [-0.2, 0) is 44.6 Å². The summed E-state index contributed by atoms with van der Waals surface area (Å²) in [5, 5.41) is 11.5. The lowest BCUT2D eigenvalue weighted by Gasteiger charge is -2.12. The average Bonchev–Trinajstić information content (AvgIpc) is 3.53. The molecule has 2 unspecified atom stereocenters. The van der Waals surface area contributed by atoms with E-state index in [4.69, 9.17) is 12.0 Å². The number of amides is 2. The first-order valence-electron chi connectivity index (χ1n) is 13.2. The Bertz CT molecular complexity index is 1190. The predicted molar refractivity (Wildman–Crippen MR) is 157 cm³/mol. The number of unbranched alkanes of at least 4 members (excludes halogenated alkanes) is 4. The van der Waals surface area contributed by atoms with Crippen molar-refractivity contribution < 1.29 is 18.0 Å². The SMILES string of the molecule is C#CCN1C(=O)C(C)=C(C)S1=O.CCCCCN=[N+]=[N-].CCCCCn1cc(CN2C(=O)C(C)=C(C)S2=O)nn1. The Labute approximate surface area is 242 Å². The van der Waals surface area contributed by atoms with Crippen LogP contribution in [0.3, 0.4) is 0 Å². The van der Waals surface area contributed by atoms with Crippen molar-refractivity contribution in [2.24, 2.45) is 5.11 Å². The third-order valence-corrected chi connectivity index (χ3v) is 9.17. The van der Waals surface area contributed by atoms with Crippen LogP contribution >= 0.6 is 0 Å². The van der Waals surface area contributed by atoms with Crippen LogP contribution in [0.25, 0.3) is 10.4 Å². The Morgan fingerprint density at radius 2 is 1.50 bits per heavy atom. The summed E-state index contributed by atoms with van der Waals surface area (Å²) in [5.41, 5.74) is 9.61. The summed E-state index contributed by atoms with van der Waals surface area (Å²) in [7, 11) is -2.72. The fraction of sp³-hybridized carbons (Fsp3) is 0.615. The zero-order chi connectivity index (χ0) is 30.2. The number of nitrogens with zero attached hydrogens (tertiary/aromatic N) is 8. The van der Waals surface area contributed by atoms with Gasteiger partial charge in [-0.2, -0.15) is 0 Å². The molecule has 0 spiro atoms. The van der Waals surface area contributed by atoms with Gasteiger partial charge in [-0.3, -0.25) is 14.3 Å². The number of hydrogen-bond donors (Lipinski definition) is 0. The molecule has 0 radical (unpaired) electrons. The van der Waals surface area contributed by atoms with Gasteiger partial charge in [0.15, 0.2) is 22.0 Å². The molecule has 0 aliphatic carbocycles. The molecule has 1 aromatic heterocycles. The van der Waals surface area contributed by atoms with Crippen molar-refractivity contribution in [1.29, 1.82) is 0 Å². The Morgan fingerprint density at radius 3 is 1.98 bits per heavy atom. The van der Waals surface area contributed by atoms with E-state index in [9.17, 15) is 18.0 Å². The molecule has 12 nitrogen and oxygen atoms in total. The number of azide groups is 1. The van der Waals surface area contributed by atoms with Crippen molar-refractivity contribution in [3.63, 3.8) is 0 Å². The fourth-order valence-corrected chi connectivity index (χ4v) is 5.81. The van der Waals surface area contributed by atoms with E-state index in [0.29, 0.717) is 33.2 Å². The highest BCUT2D eigenvalue weighted by Crippen LogP contribution is 2.25. The topological polar surface area (TPSA) is 154 Å². The molecule has 0 saturated heterocycles. The van der Waals surface area contributed by atoms with E-state index < -0.39 is 22.0 Å². The summed E-state index contributed by atoms with van der Waals surface area (Å²) in [6.07, 6.45) is 13.6. The molecule has 0 N–H and O–H groups in total. The molecule has 0 fully saturated rings. The normalized spacial score (nSPS) is 18.2. The Balaban J connectivity index is 0.000000339. The van der Waals surface area contributed by atoms with E-state index >= 15 is 0 Å². The zero-order valence-electron chi connectivity index (χ0n) is 24.3. The second-order valence-corrected chi connectivity index (χ2v) is 12.2. The van der Waals surface area contributed by atoms with Crippen molar-refractivity contribution in [3.8, 4) is 12.3 Å². The molecular formula is C26H40N8O4S2. The first kappa shape index (κ1) is 34.8. The lowest BCUT2D eigenvalue weighted by atomic mass is 10.2. The average molecular weight is 593 g/mol. The minimum atomic E-state index is -1.38. The second kappa shape index (κ2) is 18.1. The summed E-state index contributed by atoms with van der Waals surface area (Å²) in [6.45, 7) is 12.9. The maximum absolute atomic E-state index is 12.1. The first-order valence-corrected chi connectivity index (χ1v) is 15.4. The van der Waals surface area contributed by atoms with E-state index in [1.165, 1.54) is 21.5 Å². The molecule has 0 aromatic carbocycles. The number of allylic oxidation sites excluding steroid dienone is 2. The van der Waals surface area contributed by atoms with Crippen LogP contribution in [-0.4, -0.2) is 56.9 Å². The van der Waals surface area contributed by atoms with Gasteiger partial charge in [0.05, 0.1) is 19.3 Å². The van der Waals surface area contributed by atoms with Crippen LogP contribution < -0.4 is 0 Å². The van der Waals surface area contributed by atoms with E-state index in [-0.39, 0.29) is 24.9 Å². The van der Waals surface area contributed by atoms with Crippen molar-refractivity contribution in [2.45, 2.75) is 93.2 Å². The lowest BCUT2D eigenvalue weighted by Crippen LogP contribution is -2.27. The van der Waals surface area contributed by atoms with Crippen molar-refractivity contribution >= 4 is 33.8 Å². The monoisotopic (exact) mass is 592 g/mol. The van der Waals surface area contributed by atoms with E-state index in [1.807, 2.05) is 6.20 Å². The molecule has 3 rings (SSSR count). The number of rotatable bonds is 11. The summed E-state index contributed by atoms with van der Waals surface area (Å²) in [5.74, 6) is 1.90. The summed E-state index contributed by atoms with van der Waals surface area (Å²) < 4.78 is 27.7. The van der Waals surface area contributed by atoms with Gasteiger partial charge < -0.3 is 0 Å². The van der Waals surface area contributed by atoms with Gasteiger partial charge in [0.1, 0.15) is 5.69 Å². The summed E-state index contributed by atoms with van der Waals surface area (Å²) in [6, 6.07) is 0. The van der Waals surface area contributed by atoms with Gasteiger partial charge in [0.25, 0.3) is 11.8 Å². The van der Waals surface area contributed by atoms with Gasteiger partial charge in [-0.05, 0) is 46.1 Å². The molecule has 3 heterocycles. The van der Waals surface area contributed by atoms with Gasteiger partial charge in [-0.1, -0.05) is 55.8 Å². The van der Waals surface area contributed by atoms with Gasteiger partial charge in [0, 0.05) is 39.0 Å². The molecule has 1 aromatic rings. The molecule has 2 aliphatic rings. The minimum Gasteiger partial charge on any atom is -0.268 e. The number of aromatic nitrogens is 3. The Kier molecular flexibility index (Phi) is 15.8. The van der Waals surface area contributed by atoms with Crippen LogP contribution in [0.4, 0.5) is 0 Å². The van der Waals surface area contributed by atoms with E-state index in [0.717, 1.165) is 32.2 Å². The number of carbonyl (C=O) groups excluding carboxylic acids is 2. The summed E-state index contributed by atoms with van der Waals surface area (Å²) in [4.78, 5) is 27.1. The zero-order valence-corrected chi connectivity index (χ0v) is 25.9. The molecule has 0 saturated carbocycles. The second-order valence-electron chi connectivity index (χ2n) is 9.09. The first-order chi connectivity index (χ1) is 19.0. The third-order valence-electron chi connectivity index (χ3n) is 6.12. The fourth-order valence-electron chi connectivity index (χ4n) is 3.43. The maximum atomic E-state index is 12.1. The van der Waals surface area contributed by atoms with E-state index in [2.05, 4.69) is 40.1 Å². The van der Waals surface area contributed by atoms with Crippen LogP contribution in [0, 0.1) is 12.3 Å². The Hall–Kier alpha value is -3.27. The minimum absolute atomic E-state index is 0.111. The van der Waals surface area contributed by atoms with Crippen molar-refractivity contribution in [3.05, 3.63) is 43.3 Å². The van der Waals surface area contributed by atoms with E-state index in [1.54, 1.807) is 32.4 Å². The summed E-state index contributed by atoms with van der Waals surface area (Å²) >= 11 is 0. The van der Waals surface area contributed by atoms with Crippen LogP contribution in [0.2, 0.25) is 0 Å². The smallest absolute Gasteiger partial charge is 0.263 e.